The summed E-state index contributed by atoms with van der Waals surface area (Å²) in [5.74, 6) is 0. The Balaban J connectivity index is 2.47. The molecule has 1 atom stereocenters. The van der Waals surface area contributed by atoms with Gasteiger partial charge in [-0.15, -0.1) is 0 Å². The van der Waals surface area contributed by atoms with Crippen LogP contribution in [0.5, 0.6) is 0 Å². The van der Waals surface area contributed by atoms with Gasteiger partial charge in [-0.3, -0.25) is 0 Å². The van der Waals surface area contributed by atoms with Crippen LogP contribution >= 0.6 is 22.6 Å². The maximum absolute atomic E-state index is 6.42. The molecule has 0 aliphatic heterocycles. The number of nitrogens with two attached hydrogens (primary N) is 1. The van der Waals surface area contributed by atoms with Crippen molar-refractivity contribution in [2.45, 2.75) is 26.8 Å². The maximum Gasteiger partial charge on any atom is 0.0562 e. The van der Waals surface area contributed by atoms with E-state index in [0.717, 1.165) is 0 Å². The molecule has 0 spiro atoms. The third-order valence-electron chi connectivity index (χ3n) is 3.16. The van der Waals surface area contributed by atoms with E-state index in [4.69, 9.17) is 5.73 Å². The zero-order chi connectivity index (χ0) is 13.3. The minimum Gasteiger partial charge on any atom is -0.320 e. The van der Waals surface area contributed by atoms with Crippen molar-refractivity contribution < 1.29 is 0 Å². The van der Waals surface area contributed by atoms with Gasteiger partial charge in [-0.2, -0.15) is 0 Å². The minimum absolute atomic E-state index is 0.0459. The zero-order valence-electron chi connectivity index (χ0n) is 11.0. The fourth-order valence-corrected chi connectivity index (χ4v) is 2.97. The molecule has 0 aliphatic carbocycles. The molecular formula is C16H18IN. The largest absolute Gasteiger partial charge is 0.320 e. The first-order valence-electron chi connectivity index (χ1n) is 6.08. The number of benzene rings is 2. The van der Waals surface area contributed by atoms with E-state index in [2.05, 4.69) is 79.8 Å². The van der Waals surface area contributed by atoms with Gasteiger partial charge in [0.2, 0.25) is 0 Å². The van der Waals surface area contributed by atoms with Crippen molar-refractivity contribution in [3.05, 3.63) is 67.8 Å². The molecule has 0 amide bonds. The Morgan fingerprint density at radius 3 is 2.22 bits per heavy atom. The lowest BCUT2D eigenvalue weighted by atomic mass is 9.95. The molecule has 0 aliphatic rings. The van der Waals surface area contributed by atoms with E-state index in [1.807, 2.05) is 0 Å². The standard InChI is InChI=1S/C16H18IN/c1-10-7-11(2)9-13(8-10)16(18)14-6-4-5-12(3)15(14)17/h4-9,16H,18H2,1-3H3. The Morgan fingerprint density at radius 1 is 1.00 bits per heavy atom. The minimum atomic E-state index is -0.0459. The first-order chi connectivity index (χ1) is 8.49. The van der Waals surface area contributed by atoms with Crippen LogP contribution in [-0.2, 0) is 0 Å². The quantitative estimate of drug-likeness (QED) is 0.804. The van der Waals surface area contributed by atoms with Gasteiger partial charge in [0.1, 0.15) is 0 Å². The van der Waals surface area contributed by atoms with Gasteiger partial charge >= 0.3 is 0 Å². The Hall–Kier alpha value is -0.870. The summed E-state index contributed by atoms with van der Waals surface area (Å²) in [6.45, 7) is 6.36. The molecule has 94 valence electrons. The first kappa shape index (κ1) is 13.6. The van der Waals surface area contributed by atoms with Gasteiger partial charge in [0.25, 0.3) is 0 Å². The van der Waals surface area contributed by atoms with Crippen molar-refractivity contribution in [1.82, 2.24) is 0 Å². The number of halogens is 1. The van der Waals surface area contributed by atoms with Gasteiger partial charge in [-0.25, -0.2) is 0 Å². The fourth-order valence-electron chi connectivity index (χ4n) is 2.28. The van der Waals surface area contributed by atoms with Gasteiger partial charge in [-0.1, -0.05) is 47.5 Å². The summed E-state index contributed by atoms with van der Waals surface area (Å²) < 4.78 is 1.27. The van der Waals surface area contributed by atoms with Gasteiger partial charge in [-0.05, 0) is 60.1 Å². The SMILES string of the molecule is Cc1cc(C)cc(C(N)c2cccc(C)c2I)c1. The van der Waals surface area contributed by atoms with Crippen LogP contribution < -0.4 is 5.73 Å². The Labute approximate surface area is 123 Å². The molecule has 0 saturated heterocycles. The summed E-state index contributed by atoms with van der Waals surface area (Å²) in [5, 5.41) is 0. The molecule has 2 aromatic carbocycles. The van der Waals surface area contributed by atoms with Gasteiger partial charge in [0.05, 0.1) is 6.04 Å². The summed E-state index contributed by atoms with van der Waals surface area (Å²) in [6.07, 6.45) is 0. The Morgan fingerprint density at radius 2 is 1.61 bits per heavy atom. The van der Waals surface area contributed by atoms with Crippen molar-refractivity contribution >= 4 is 22.6 Å². The molecule has 2 N–H and O–H groups in total. The molecule has 0 bridgehead atoms. The van der Waals surface area contributed by atoms with Crippen molar-refractivity contribution in [2.24, 2.45) is 5.73 Å². The number of hydrogen-bond donors (Lipinski definition) is 1. The van der Waals surface area contributed by atoms with Gasteiger partial charge in [0, 0.05) is 3.57 Å². The van der Waals surface area contributed by atoms with E-state index < -0.39 is 0 Å². The van der Waals surface area contributed by atoms with E-state index in [1.54, 1.807) is 0 Å². The lowest BCUT2D eigenvalue weighted by molar-refractivity contribution is 0.859. The predicted molar refractivity (Wildman–Crippen MR) is 85.8 cm³/mol. The molecule has 1 unspecified atom stereocenters. The summed E-state index contributed by atoms with van der Waals surface area (Å²) in [5.41, 5.74) is 12.6. The van der Waals surface area contributed by atoms with Crippen LogP contribution in [0.25, 0.3) is 0 Å². The molecular weight excluding hydrogens is 333 g/mol. The van der Waals surface area contributed by atoms with E-state index in [-0.39, 0.29) is 6.04 Å². The van der Waals surface area contributed by atoms with Crippen LogP contribution in [0.15, 0.2) is 36.4 Å². The molecule has 0 fully saturated rings. The van der Waals surface area contributed by atoms with Gasteiger partial charge < -0.3 is 5.73 Å². The average Bonchev–Trinajstić information content (AvgIpc) is 2.30. The number of rotatable bonds is 2. The predicted octanol–water partition coefficient (Wildman–Crippen LogP) is 4.26. The topological polar surface area (TPSA) is 26.0 Å². The molecule has 2 rings (SSSR count). The van der Waals surface area contributed by atoms with Crippen molar-refractivity contribution in [3.63, 3.8) is 0 Å². The van der Waals surface area contributed by atoms with Crippen molar-refractivity contribution in [3.8, 4) is 0 Å². The normalized spacial score (nSPS) is 12.5. The van der Waals surface area contributed by atoms with Crippen LogP contribution in [0.2, 0.25) is 0 Å². The summed E-state index contributed by atoms with van der Waals surface area (Å²) >= 11 is 2.38. The lowest BCUT2D eigenvalue weighted by Crippen LogP contribution is -2.14. The highest BCUT2D eigenvalue weighted by Crippen LogP contribution is 2.27. The number of hydrogen-bond acceptors (Lipinski definition) is 1. The van der Waals surface area contributed by atoms with Gasteiger partial charge in [0.15, 0.2) is 0 Å². The van der Waals surface area contributed by atoms with E-state index >= 15 is 0 Å². The Bertz CT molecular complexity index is 555. The molecule has 0 heterocycles. The van der Waals surface area contributed by atoms with E-state index in [1.165, 1.54) is 31.4 Å². The second-order valence-corrected chi connectivity index (χ2v) is 5.96. The van der Waals surface area contributed by atoms with Crippen molar-refractivity contribution in [2.75, 3.05) is 0 Å². The summed E-state index contributed by atoms with van der Waals surface area (Å²) in [4.78, 5) is 0. The van der Waals surface area contributed by atoms with E-state index in [0.29, 0.717) is 0 Å². The molecule has 0 saturated carbocycles. The first-order valence-corrected chi connectivity index (χ1v) is 7.15. The molecule has 18 heavy (non-hydrogen) atoms. The van der Waals surface area contributed by atoms with Crippen LogP contribution in [0, 0.1) is 24.3 Å². The zero-order valence-corrected chi connectivity index (χ0v) is 13.2. The summed E-state index contributed by atoms with van der Waals surface area (Å²) in [6, 6.07) is 12.8. The molecule has 0 radical (unpaired) electrons. The fraction of sp³-hybridized carbons (Fsp3) is 0.250. The lowest BCUT2D eigenvalue weighted by Gasteiger charge is -2.17. The molecule has 0 aromatic heterocycles. The second-order valence-electron chi connectivity index (χ2n) is 4.88. The monoisotopic (exact) mass is 351 g/mol. The highest BCUT2D eigenvalue weighted by Gasteiger charge is 2.13. The van der Waals surface area contributed by atoms with Crippen LogP contribution in [0.4, 0.5) is 0 Å². The molecule has 1 nitrogen and oxygen atoms in total. The number of aryl methyl sites for hydroxylation is 3. The van der Waals surface area contributed by atoms with Crippen LogP contribution in [0.1, 0.15) is 33.9 Å². The third kappa shape index (κ3) is 2.75. The van der Waals surface area contributed by atoms with Crippen LogP contribution in [-0.4, -0.2) is 0 Å². The maximum atomic E-state index is 6.42. The molecule has 2 aromatic rings. The Kier molecular flexibility index (Phi) is 4.07. The highest BCUT2D eigenvalue weighted by atomic mass is 127. The smallest absolute Gasteiger partial charge is 0.0562 e. The average molecular weight is 351 g/mol. The molecule has 2 heteroatoms. The van der Waals surface area contributed by atoms with Crippen molar-refractivity contribution in [1.29, 1.82) is 0 Å². The highest BCUT2D eigenvalue weighted by molar-refractivity contribution is 14.1. The van der Waals surface area contributed by atoms with E-state index in [9.17, 15) is 0 Å². The summed E-state index contributed by atoms with van der Waals surface area (Å²) in [7, 11) is 0. The third-order valence-corrected chi connectivity index (χ3v) is 4.63. The van der Waals surface area contributed by atoms with Crippen LogP contribution in [0.3, 0.4) is 0 Å². The second kappa shape index (κ2) is 5.41.